The molecule has 0 radical (unpaired) electrons. The van der Waals surface area contributed by atoms with Gasteiger partial charge < -0.3 is 14.6 Å². The monoisotopic (exact) mass is 446 g/mol. The zero-order valence-electron chi connectivity index (χ0n) is 18.6. The molecule has 1 aliphatic carbocycles. The number of fused-ring (bicyclic) bond motifs is 3. The van der Waals surface area contributed by atoms with Crippen molar-refractivity contribution in [2.24, 2.45) is 0 Å². The quantitative estimate of drug-likeness (QED) is 0.453. The topological polar surface area (TPSA) is 103 Å². The zero-order chi connectivity index (χ0) is 22.9. The van der Waals surface area contributed by atoms with Crippen LogP contribution in [0.2, 0.25) is 0 Å². The number of esters is 1. The second kappa shape index (κ2) is 8.77. The molecule has 0 saturated heterocycles. The lowest BCUT2D eigenvalue weighted by Gasteiger charge is -2.09. The van der Waals surface area contributed by atoms with Crippen molar-refractivity contribution in [2.75, 3.05) is 11.9 Å². The van der Waals surface area contributed by atoms with Gasteiger partial charge in [-0.15, -0.1) is 0 Å². The molecular formula is C25H26N4O4. The van der Waals surface area contributed by atoms with Crippen molar-refractivity contribution in [3.63, 3.8) is 0 Å². The minimum atomic E-state index is -0.555. The second-order valence-electron chi connectivity index (χ2n) is 8.79. The molecule has 8 nitrogen and oxygen atoms in total. The highest BCUT2D eigenvalue weighted by Gasteiger charge is 2.29. The Bertz CT molecular complexity index is 1240. The molecule has 0 bridgehead atoms. The van der Waals surface area contributed by atoms with Crippen molar-refractivity contribution in [2.45, 2.75) is 57.9 Å². The van der Waals surface area contributed by atoms with Crippen LogP contribution >= 0.6 is 0 Å². The number of carbonyl (C=O) groups is 3. The summed E-state index contributed by atoms with van der Waals surface area (Å²) in [5, 5.41) is 2.65. The molecule has 0 spiro atoms. The number of anilines is 1. The number of aromatic nitrogens is 3. The number of pyridine rings is 1. The zero-order valence-corrected chi connectivity index (χ0v) is 18.6. The predicted octanol–water partition coefficient (Wildman–Crippen LogP) is 4.03. The summed E-state index contributed by atoms with van der Waals surface area (Å²) < 4.78 is 7.57. The number of hydrogen-bond donors (Lipinski definition) is 1. The maximum absolute atomic E-state index is 13.0. The number of benzene rings is 1. The van der Waals surface area contributed by atoms with E-state index in [0.717, 1.165) is 62.2 Å². The van der Waals surface area contributed by atoms with Gasteiger partial charge in [0.25, 0.3) is 0 Å². The Labute approximate surface area is 191 Å². The van der Waals surface area contributed by atoms with Gasteiger partial charge in [0.1, 0.15) is 11.3 Å². The van der Waals surface area contributed by atoms with E-state index in [1.807, 2.05) is 0 Å². The number of ether oxygens (including phenoxy) is 1. The molecule has 3 heterocycles. The maximum Gasteiger partial charge on any atom is 0.341 e. The normalized spacial score (nSPS) is 15.5. The van der Waals surface area contributed by atoms with Crippen molar-refractivity contribution < 1.29 is 19.1 Å². The molecule has 1 aliphatic heterocycles. The van der Waals surface area contributed by atoms with E-state index in [4.69, 9.17) is 14.7 Å². The summed E-state index contributed by atoms with van der Waals surface area (Å²) in [4.78, 5) is 46.4. The number of amides is 1. The molecule has 33 heavy (non-hydrogen) atoms. The third-order valence-corrected chi connectivity index (χ3v) is 6.16. The molecule has 1 fully saturated rings. The van der Waals surface area contributed by atoms with Crippen LogP contribution in [0.25, 0.3) is 11.2 Å². The SMILES string of the molecule is CC(=O)Nc1ccc(C(=O)COC(=O)c2cc(C3CC3)nc3c2nc2n3CCCCC2)cc1. The van der Waals surface area contributed by atoms with Crippen LogP contribution in [0.15, 0.2) is 30.3 Å². The molecule has 5 rings (SSSR count). The van der Waals surface area contributed by atoms with Crippen LogP contribution in [-0.2, 0) is 22.5 Å². The fourth-order valence-corrected chi connectivity index (χ4v) is 4.29. The van der Waals surface area contributed by atoms with E-state index in [-0.39, 0.29) is 18.3 Å². The Morgan fingerprint density at radius 1 is 1.09 bits per heavy atom. The number of ketones is 1. The second-order valence-corrected chi connectivity index (χ2v) is 8.79. The summed E-state index contributed by atoms with van der Waals surface area (Å²) in [6.45, 7) is 1.91. The third kappa shape index (κ3) is 4.51. The van der Waals surface area contributed by atoms with Crippen molar-refractivity contribution in [1.82, 2.24) is 14.5 Å². The van der Waals surface area contributed by atoms with Crippen LogP contribution in [0.4, 0.5) is 5.69 Å². The molecule has 2 aromatic heterocycles. The summed E-state index contributed by atoms with van der Waals surface area (Å²) in [5.41, 5.74) is 3.61. The van der Waals surface area contributed by atoms with E-state index >= 15 is 0 Å². The van der Waals surface area contributed by atoms with E-state index in [0.29, 0.717) is 28.2 Å². The van der Waals surface area contributed by atoms with Crippen molar-refractivity contribution in [3.05, 3.63) is 53.0 Å². The van der Waals surface area contributed by atoms with Gasteiger partial charge in [-0.2, -0.15) is 0 Å². The molecule has 0 atom stereocenters. The number of aryl methyl sites for hydroxylation is 2. The molecule has 8 heteroatoms. The summed E-state index contributed by atoms with van der Waals surface area (Å²) in [6, 6.07) is 8.28. The van der Waals surface area contributed by atoms with Gasteiger partial charge in [0.15, 0.2) is 18.0 Å². The molecular weight excluding hydrogens is 420 g/mol. The van der Waals surface area contributed by atoms with Crippen LogP contribution in [0.1, 0.15) is 77.2 Å². The van der Waals surface area contributed by atoms with Gasteiger partial charge in [-0.25, -0.2) is 14.8 Å². The smallest absolute Gasteiger partial charge is 0.341 e. The number of nitrogens with one attached hydrogen (secondary N) is 1. The van der Waals surface area contributed by atoms with Gasteiger partial charge in [0, 0.05) is 42.8 Å². The Hall–Kier alpha value is -3.55. The molecule has 170 valence electrons. The average molecular weight is 447 g/mol. The lowest BCUT2D eigenvalue weighted by Crippen LogP contribution is -2.15. The summed E-state index contributed by atoms with van der Waals surface area (Å²) in [6.07, 6.45) is 6.32. The predicted molar refractivity (Wildman–Crippen MR) is 122 cm³/mol. The largest absolute Gasteiger partial charge is 0.454 e. The van der Waals surface area contributed by atoms with Crippen LogP contribution in [-0.4, -0.2) is 38.8 Å². The van der Waals surface area contributed by atoms with E-state index in [1.165, 1.54) is 6.92 Å². The minimum Gasteiger partial charge on any atom is -0.454 e. The molecule has 1 amide bonds. The molecule has 1 N–H and O–H groups in total. The van der Waals surface area contributed by atoms with Crippen LogP contribution in [0.5, 0.6) is 0 Å². The summed E-state index contributed by atoms with van der Waals surface area (Å²) in [5.74, 6) is 0.287. The Morgan fingerprint density at radius 3 is 2.61 bits per heavy atom. The summed E-state index contributed by atoms with van der Waals surface area (Å²) >= 11 is 0. The highest BCUT2D eigenvalue weighted by Crippen LogP contribution is 2.40. The van der Waals surface area contributed by atoms with Gasteiger partial charge in [0.2, 0.25) is 5.91 Å². The van der Waals surface area contributed by atoms with Gasteiger partial charge >= 0.3 is 5.97 Å². The first-order valence-corrected chi connectivity index (χ1v) is 11.5. The van der Waals surface area contributed by atoms with E-state index in [1.54, 1.807) is 30.3 Å². The van der Waals surface area contributed by atoms with Crippen LogP contribution in [0, 0.1) is 0 Å². The van der Waals surface area contributed by atoms with E-state index in [9.17, 15) is 14.4 Å². The van der Waals surface area contributed by atoms with Gasteiger partial charge in [0.05, 0.1) is 5.56 Å². The lowest BCUT2D eigenvalue weighted by molar-refractivity contribution is -0.114. The van der Waals surface area contributed by atoms with Crippen molar-refractivity contribution in [1.29, 1.82) is 0 Å². The number of carbonyl (C=O) groups excluding carboxylic acids is 3. The molecule has 1 saturated carbocycles. The summed E-state index contributed by atoms with van der Waals surface area (Å²) in [7, 11) is 0. The molecule has 3 aromatic rings. The van der Waals surface area contributed by atoms with E-state index in [2.05, 4.69) is 9.88 Å². The lowest BCUT2D eigenvalue weighted by atomic mass is 10.1. The van der Waals surface area contributed by atoms with Crippen LogP contribution in [0.3, 0.4) is 0 Å². The van der Waals surface area contributed by atoms with E-state index < -0.39 is 5.97 Å². The molecule has 0 unspecified atom stereocenters. The fraction of sp³-hybridized carbons (Fsp3) is 0.400. The Balaban J connectivity index is 1.37. The number of nitrogens with zero attached hydrogens (tertiary/aromatic N) is 3. The molecule has 1 aromatic carbocycles. The first kappa shape index (κ1) is 21.3. The third-order valence-electron chi connectivity index (χ3n) is 6.16. The number of hydrogen-bond acceptors (Lipinski definition) is 6. The Kier molecular flexibility index (Phi) is 5.66. The number of rotatable bonds is 6. The van der Waals surface area contributed by atoms with Crippen LogP contribution < -0.4 is 5.32 Å². The highest BCUT2D eigenvalue weighted by atomic mass is 16.5. The number of Topliss-reactive ketones (excluding diaryl/α,β-unsaturated/α-hetero) is 1. The first-order valence-electron chi connectivity index (χ1n) is 11.5. The average Bonchev–Trinajstić information content (AvgIpc) is 3.62. The molecule has 2 aliphatic rings. The number of imidazole rings is 1. The standard InChI is InChI=1S/C25H26N4O4/c1-15(30)26-18-10-8-17(9-11-18)21(31)14-33-25(32)19-13-20(16-6-7-16)27-24-23(19)28-22-5-3-2-4-12-29(22)24/h8-11,13,16H,2-7,12,14H2,1H3,(H,26,30). The van der Waals surface area contributed by atoms with Gasteiger partial charge in [-0.05, 0) is 56.0 Å². The van der Waals surface area contributed by atoms with Crippen molar-refractivity contribution >= 4 is 34.5 Å². The van der Waals surface area contributed by atoms with Crippen molar-refractivity contribution in [3.8, 4) is 0 Å². The fourth-order valence-electron chi connectivity index (χ4n) is 4.29. The Morgan fingerprint density at radius 2 is 1.88 bits per heavy atom. The van der Waals surface area contributed by atoms with Gasteiger partial charge in [-0.3, -0.25) is 9.59 Å². The minimum absolute atomic E-state index is 0.186. The maximum atomic E-state index is 13.0. The first-order chi connectivity index (χ1) is 16.0. The van der Waals surface area contributed by atoms with Gasteiger partial charge in [-0.1, -0.05) is 6.42 Å². The highest BCUT2D eigenvalue weighted by molar-refractivity contribution is 6.04.